The van der Waals surface area contributed by atoms with Gasteiger partial charge in [0.15, 0.2) is 0 Å². The molecule has 1 aromatic heterocycles. The minimum atomic E-state index is 0.743. The maximum Gasteiger partial charge on any atom is 0.115 e. The van der Waals surface area contributed by atoms with E-state index in [1.165, 1.54) is 0 Å². The fraction of sp³-hybridized carbons (Fsp3) is 0. The molecule has 0 radical (unpaired) electrons. The summed E-state index contributed by atoms with van der Waals surface area (Å²) in [5.41, 5.74) is 0. The van der Waals surface area contributed by atoms with Crippen LogP contribution in [0.25, 0.3) is 0 Å². The fourth-order valence-corrected chi connectivity index (χ4v) is 2.68. The first-order chi connectivity index (χ1) is 7.25. The average Bonchev–Trinajstić information content (AvgIpc) is 2.22. The Kier molecular flexibility index (Phi) is 3.67. The summed E-state index contributed by atoms with van der Waals surface area (Å²) in [6, 6.07) is 11.6. The number of pyridine rings is 1. The van der Waals surface area contributed by atoms with Gasteiger partial charge in [-0.2, -0.15) is 0 Å². The molecule has 0 aliphatic heterocycles. The Morgan fingerprint density at radius 2 is 2.07 bits per heavy atom. The van der Waals surface area contributed by atoms with Crippen LogP contribution in [0.5, 0.6) is 0 Å². The molecule has 1 aromatic carbocycles. The van der Waals surface area contributed by atoms with Crippen molar-refractivity contribution in [2.45, 2.75) is 9.92 Å². The number of hydrogen-bond donors (Lipinski definition) is 0. The van der Waals surface area contributed by atoms with Gasteiger partial charge in [0.2, 0.25) is 0 Å². The maximum absolute atomic E-state index is 5.91. The van der Waals surface area contributed by atoms with Crippen LogP contribution in [0.1, 0.15) is 0 Å². The molecule has 15 heavy (non-hydrogen) atoms. The minimum Gasteiger partial charge on any atom is -0.248 e. The van der Waals surface area contributed by atoms with Crippen molar-refractivity contribution >= 4 is 39.3 Å². The predicted molar refractivity (Wildman–Crippen MR) is 67.5 cm³/mol. The highest BCUT2D eigenvalue weighted by molar-refractivity contribution is 9.10. The second-order valence-corrected chi connectivity index (χ2v) is 5.20. The average molecular weight is 301 g/mol. The Hall–Kier alpha value is -0.510. The van der Waals surface area contributed by atoms with Crippen molar-refractivity contribution in [1.29, 1.82) is 0 Å². The summed E-state index contributed by atoms with van der Waals surface area (Å²) in [5, 5.41) is 1.69. The Morgan fingerprint density at radius 3 is 2.80 bits per heavy atom. The molecule has 0 aliphatic rings. The lowest BCUT2D eigenvalue weighted by Crippen LogP contribution is -1.80. The largest absolute Gasteiger partial charge is 0.248 e. The molecule has 76 valence electrons. The Labute approximate surface area is 106 Å². The summed E-state index contributed by atoms with van der Waals surface area (Å²) in [6.45, 7) is 0. The Bertz CT molecular complexity index is 476. The van der Waals surface area contributed by atoms with Crippen LogP contribution in [0.15, 0.2) is 57.0 Å². The smallest absolute Gasteiger partial charge is 0.115 e. The highest BCUT2D eigenvalue weighted by Gasteiger charge is 2.02. The van der Waals surface area contributed by atoms with Crippen molar-refractivity contribution in [2.75, 3.05) is 0 Å². The van der Waals surface area contributed by atoms with Crippen molar-refractivity contribution in [3.05, 3.63) is 52.1 Å². The molecule has 1 heterocycles. The zero-order chi connectivity index (χ0) is 10.7. The van der Waals surface area contributed by atoms with Crippen LogP contribution in [0.3, 0.4) is 0 Å². The minimum absolute atomic E-state index is 0.743. The summed E-state index contributed by atoms with van der Waals surface area (Å²) in [5.74, 6) is 0. The van der Waals surface area contributed by atoms with E-state index in [2.05, 4.69) is 20.9 Å². The van der Waals surface area contributed by atoms with Crippen molar-refractivity contribution in [3.8, 4) is 0 Å². The van der Waals surface area contributed by atoms with Crippen LogP contribution in [0.4, 0.5) is 0 Å². The second kappa shape index (κ2) is 5.01. The van der Waals surface area contributed by atoms with Crippen molar-refractivity contribution in [2.24, 2.45) is 0 Å². The molecule has 0 N–H and O–H groups in total. The topological polar surface area (TPSA) is 12.9 Å². The molecule has 0 unspecified atom stereocenters. The fourth-order valence-electron chi connectivity index (χ4n) is 1.09. The Balaban J connectivity index is 2.26. The van der Waals surface area contributed by atoms with Crippen molar-refractivity contribution < 1.29 is 0 Å². The van der Waals surface area contributed by atoms with E-state index in [9.17, 15) is 0 Å². The highest BCUT2D eigenvalue weighted by atomic mass is 79.9. The number of benzene rings is 1. The molecule has 0 saturated carbocycles. The van der Waals surface area contributed by atoms with E-state index in [-0.39, 0.29) is 0 Å². The predicted octanol–water partition coefficient (Wildman–Crippen LogP) is 4.65. The number of halogens is 2. The lowest BCUT2D eigenvalue weighted by atomic mass is 10.4. The summed E-state index contributed by atoms with van der Waals surface area (Å²) in [7, 11) is 0. The molecule has 0 amide bonds. The molecule has 0 atom stereocenters. The molecule has 0 fully saturated rings. The van der Waals surface area contributed by atoms with Crippen LogP contribution in [0.2, 0.25) is 5.02 Å². The summed E-state index contributed by atoms with van der Waals surface area (Å²) in [6.07, 6.45) is 1.78. The quantitative estimate of drug-likeness (QED) is 0.801. The van der Waals surface area contributed by atoms with Crippen LogP contribution in [-0.2, 0) is 0 Å². The van der Waals surface area contributed by atoms with Gasteiger partial charge in [-0.25, -0.2) is 4.98 Å². The molecule has 0 aliphatic carbocycles. The van der Waals surface area contributed by atoms with Gasteiger partial charge in [-0.05, 0) is 46.3 Å². The number of hydrogen-bond acceptors (Lipinski definition) is 2. The normalized spacial score (nSPS) is 10.3. The SMILES string of the molecule is Clc1cccc(Sc2ncccc2Br)c1. The number of nitrogens with zero attached hydrogens (tertiary/aromatic N) is 1. The molecule has 0 spiro atoms. The van der Waals surface area contributed by atoms with E-state index in [1.54, 1.807) is 18.0 Å². The number of rotatable bonds is 2. The monoisotopic (exact) mass is 299 g/mol. The van der Waals surface area contributed by atoms with Crippen LogP contribution in [-0.4, -0.2) is 4.98 Å². The maximum atomic E-state index is 5.91. The van der Waals surface area contributed by atoms with E-state index in [0.717, 1.165) is 19.4 Å². The van der Waals surface area contributed by atoms with Crippen LogP contribution in [0, 0.1) is 0 Å². The first kappa shape index (κ1) is 11.0. The van der Waals surface area contributed by atoms with Gasteiger partial charge >= 0.3 is 0 Å². The van der Waals surface area contributed by atoms with Crippen LogP contribution >= 0.6 is 39.3 Å². The van der Waals surface area contributed by atoms with Gasteiger partial charge < -0.3 is 0 Å². The van der Waals surface area contributed by atoms with E-state index in [4.69, 9.17) is 11.6 Å². The van der Waals surface area contributed by atoms with Gasteiger partial charge in [0.05, 0.1) is 4.47 Å². The second-order valence-electron chi connectivity index (χ2n) is 2.85. The van der Waals surface area contributed by atoms with Crippen LogP contribution < -0.4 is 0 Å². The molecular weight excluding hydrogens is 294 g/mol. The first-order valence-electron chi connectivity index (χ1n) is 4.29. The van der Waals surface area contributed by atoms with Crippen molar-refractivity contribution in [1.82, 2.24) is 4.98 Å². The molecule has 0 saturated heterocycles. The van der Waals surface area contributed by atoms with Crippen molar-refractivity contribution in [3.63, 3.8) is 0 Å². The van der Waals surface area contributed by atoms with E-state index in [0.29, 0.717) is 0 Å². The summed E-state index contributed by atoms with van der Waals surface area (Å²) >= 11 is 10.9. The third kappa shape index (κ3) is 2.97. The van der Waals surface area contributed by atoms with E-state index in [1.807, 2.05) is 36.4 Å². The third-order valence-corrected chi connectivity index (χ3v) is 3.88. The molecule has 0 bridgehead atoms. The zero-order valence-corrected chi connectivity index (χ0v) is 10.8. The van der Waals surface area contributed by atoms with E-state index >= 15 is 0 Å². The first-order valence-corrected chi connectivity index (χ1v) is 6.28. The Morgan fingerprint density at radius 1 is 1.20 bits per heavy atom. The lowest BCUT2D eigenvalue weighted by Gasteiger charge is -2.02. The van der Waals surface area contributed by atoms with Gasteiger partial charge in [-0.1, -0.05) is 29.4 Å². The van der Waals surface area contributed by atoms with Gasteiger partial charge in [0.25, 0.3) is 0 Å². The van der Waals surface area contributed by atoms with Gasteiger partial charge in [-0.3, -0.25) is 0 Å². The molecular formula is C11H7BrClNS. The number of aromatic nitrogens is 1. The standard InChI is InChI=1S/C11H7BrClNS/c12-10-5-2-6-14-11(10)15-9-4-1-3-8(13)7-9/h1-7H. The van der Waals surface area contributed by atoms with Gasteiger partial charge in [0.1, 0.15) is 5.03 Å². The molecule has 2 rings (SSSR count). The van der Waals surface area contributed by atoms with E-state index < -0.39 is 0 Å². The van der Waals surface area contributed by atoms with Gasteiger partial charge in [0, 0.05) is 16.1 Å². The van der Waals surface area contributed by atoms with Gasteiger partial charge in [-0.15, -0.1) is 0 Å². The summed E-state index contributed by atoms with van der Waals surface area (Å²) in [4.78, 5) is 5.36. The zero-order valence-electron chi connectivity index (χ0n) is 7.65. The molecule has 1 nitrogen and oxygen atoms in total. The third-order valence-electron chi connectivity index (χ3n) is 1.74. The lowest BCUT2D eigenvalue weighted by molar-refractivity contribution is 1.11. The molecule has 4 heteroatoms. The summed E-state index contributed by atoms with van der Waals surface area (Å²) < 4.78 is 0.995. The highest BCUT2D eigenvalue weighted by Crippen LogP contribution is 2.32. The molecule has 2 aromatic rings.